The van der Waals surface area contributed by atoms with Crippen molar-refractivity contribution in [1.82, 2.24) is 5.32 Å². The van der Waals surface area contributed by atoms with Gasteiger partial charge < -0.3 is 15.5 Å². The lowest BCUT2D eigenvalue weighted by Crippen LogP contribution is -2.29. The Hall–Kier alpha value is -0.190. The summed E-state index contributed by atoms with van der Waals surface area (Å²) in [6, 6.07) is 0. The second-order valence-corrected chi connectivity index (χ2v) is 12.6. The number of aliphatic carboxylic acids is 2. The molecule has 0 bridgehead atoms. The minimum atomic E-state index is -0.753. The molecule has 0 aromatic rings. The summed E-state index contributed by atoms with van der Waals surface area (Å²) in [5.74, 6) is 0.944. The predicted octanol–water partition coefficient (Wildman–Crippen LogP) is 4.77. The zero-order valence-electron chi connectivity index (χ0n) is 18.1. The number of nitrogens with one attached hydrogen (secondary N) is 1. The standard InChI is InChI=1S/C21H37NO5S4/c23-18(15-30-16(10-13-28)5-1-3-7-19(24)25)22-12-9-21-29-14-11-17(31-21)6-2-4-8-20(26)27/h16-17,21,28H,1-15H2,(H,22,23)(H,24,25)(H,26,27). The predicted molar refractivity (Wildman–Crippen MR) is 137 cm³/mol. The van der Waals surface area contributed by atoms with Crippen molar-refractivity contribution in [1.29, 1.82) is 0 Å². The number of thioether (sulfide) groups is 3. The largest absolute Gasteiger partial charge is 0.481 e. The summed E-state index contributed by atoms with van der Waals surface area (Å²) in [7, 11) is 0. The van der Waals surface area contributed by atoms with Crippen molar-refractivity contribution in [2.24, 2.45) is 0 Å². The van der Waals surface area contributed by atoms with Crippen LogP contribution in [0.1, 0.15) is 70.6 Å². The van der Waals surface area contributed by atoms with E-state index in [0.29, 0.717) is 33.8 Å². The van der Waals surface area contributed by atoms with E-state index in [1.54, 1.807) is 11.8 Å². The molecule has 180 valence electrons. The summed E-state index contributed by atoms with van der Waals surface area (Å²) in [5.41, 5.74) is 0. The maximum absolute atomic E-state index is 12.2. The van der Waals surface area contributed by atoms with Gasteiger partial charge in [-0.05, 0) is 56.5 Å². The first-order valence-corrected chi connectivity index (χ1v) is 14.8. The van der Waals surface area contributed by atoms with Gasteiger partial charge in [0.15, 0.2) is 0 Å². The summed E-state index contributed by atoms with van der Waals surface area (Å²) in [6.07, 6.45) is 8.81. The van der Waals surface area contributed by atoms with E-state index in [4.69, 9.17) is 10.2 Å². The highest BCUT2D eigenvalue weighted by molar-refractivity contribution is 8.17. The maximum Gasteiger partial charge on any atom is 0.303 e. The summed E-state index contributed by atoms with van der Waals surface area (Å²) < 4.78 is 0.498. The summed E-state index contributed by atoms with van der Waals surface area (Å²) in [4.78, 5) is 33.4. The molecule has 3 unspecified atom stereocenters. The Labute approximate surface area is 204 Å². The number of hydrogen-bond acceptors (Lipinski definition) is 7. The number of carboxylic acid groups (broad SMARTS) is 2. The van der Waals surface area contributed by atoms with E-state index in [-0.39, 0.29) is 18.7 Å². The topological polar surface area (TPSA) is 104 Å². The van der Waals surface area contributed by atoms with Crippen molar-refractivity contribution in [2.45, 2.75) is 85.7 Å². The van der Waals surface area contributed by atoms with Gasteiger partial charge in [-0.3, -0.25) is 14.4 Å². The summed E-state index contributed by atoms with van der Waals surface area (Å²) >= 11 is 9.91. The number of hydrogen-bond donors (Lipinski definition) is 4. The molecule has 0 spiro atoms. The SMILES string of the molecule is O=C(O)CCCCC(CCS)SCC(=O)NCCC1SCCC(CCCCC(=O)O)S1. The Kier molecular flexibility index (Phi) is 17.0. The minimum Gasteiger partial charge on any atom is -0.481 e. The minimum absolute atomic E-state index is 0.0655. The van der Waals surface area contributed by atoms with Crippen molar-refractivity contribution >= 4 is 65.8 Å². The number of rotatable bonds is 18. The summed E-state index contributed by atoms with van der Waals surface area (Å²) in [5, 5.41) is 21.4. The molecule has 1 rings (SSSR count). The van der Waals surface area contributed by atoms with Gasteiger partial charge in [0, 0.05) is 29.9 Å². The average Bonchev–Trinajstić information content (AvgIpc) is 2.72. The zero-order valence-corrected chi connectivity index (χ0v) is 21.5. The molecule has 0 aromatic heterocycles. The van der Waals surface area contributed by atoms with Gasteiger partial charge in [-0.25, -0.2) is 0 Å². The molecule has 0 radical (unpaired) electrons. The van der Waals surface area contributed by atoms with Gasteiger partial charge in [0.2, 0.25) is 5.91 Å². The number of carbonyl (C=O) groups excluding carboxylic acids is 1. The second-order valence-electron chi connectivity index (χ2n) is 7.71. The molecule has 3 atom stereocenters. The van der Waals surface area contributed by atoms with Crippen LogP contribution in [0.5, 0.6) is 0 Å². The van der Waals surface area contributed by atoms with Crippen molar-refractivity contribution in [3.05, 3.63) is 0 Å². The third kappa shape index (κ3) is 16.1. The van der Waals surface area contributed by atoms with Gasteiger partial charge in [-0.15, -0.1) is 35.3 Å². The van der Waals surface area contributed by atoms with E-state index in [0.717, 1.165) is 56.5 Å². The molecule has 1 amide bonds. The van der Waals surface area contributed by atoms with E-state index in [1.165, 1.54) is 6.42 Å². The first kappa shape index (κ1) is 28.8. The molecular formula is C21H37NO5S4. The highest BCUT2D eigenvalue weighted by atomic mass is 32.2. The van der Waals surface area contributed by atoms with Crippen LogP contribution in [-0.2, 0) is 14.4 Å². The molecule has 1 fully saturated rings. The van der Waals surface area contributed by atoms with Crippen LogP contribution < -0.4 is 5.32 Å². The Morgan fingerprint density at radius 2 is 1.74 bits per heavy atom. The van der Waals surface area contributed by atoms with Crippen LogP contribution >= 0.6 is 47.9 Å². The Morgan fingerprint density at radius 1 is 1.03 bits per heavy atom. The zero-order chi connectivity index (χ0) is 22.9. The lowest BCUT2D eigenvalue weighted by atomic mass is 10.1. The Morgan fingerprint density at radius 3 is 2.42 bits per heavy atom. The van der Waals surface area contributed by atoms with Crippen molar-refractivity contribution in [2.75, 3.05) is 23.8 Å². The number of carbonyl (C=O) groups is 3. The number of unbranched alkanes of at least 4 members (excludes halogenated alkanes) is 2. The van der Waals surface area contributed by atoms with Gasteiger partial charge >= 0.3 is 11.9 Å². The fraction of sp³-hybridized carbons (Fsp3) is 0.857. The van der Waals surface area contributed by atoms with Crippen LogP contribution in [0.4, 0.5) is 0 Å². The Bertz CT molecular complexity index is 538. The third-order valence-corrected chi connectivity index (χ3v) is 9.87. The van der Waals surface area contributed by atoms with Gasteiger partial charge in [0.05, 0.1) is 10.3 Å². The summed E-state index contributed by atoms with van der Waals surface area (Å²) in [6.45, 7) is 0.686. The molecular weight excluding hydrogens is 475 g/mol. The molecule has 0 aliphatic carbocycles. The lowest BCUT2D eigenvalue weighted by molar-refractivity contribution is -0.138. The van der Waals surface area contributed by atoms with Gasteiger partial charge in [0.1, 0.15) is 0 Å². The van der Waals surface area contributed by atoms with Crippen molar-refractivity contribution in [3.63, 3.8) is 0 Å². The molecule has 1 aliphatic rings. The van der Waals surface area contributed by atoms with Crippen LogP contribution in [0.15, 0.2) is 0 Å². The van der Waals surface area contributed by atoms with Gasteiger partial charge in [0.25, 0.3) is 0 Å². The second kappa shape index (κ2) is 18.3. The Balaban J connectivity index is 2.15. The number of amides is 1. The first-order chi connectivity index (χ1) is 14.9. The van der Waals surface area contributed by atoms with Crippen molar-refractivity contribution < 1.29 is 24.6 Å². The fourth-order valence-corrected chi connectivity index (χ4v) is 8.37. The molecule has 0 aromatic carbocycles. The van der Waals surface area contributed by atoms with Crippen LogP contribution in [0, 0.1) is 0 Å². The van der Waals surface area contributed by atoms with Gasteiger partial charge in [-0.2, -0.15) is 12.6 Å². The highest BCUT2D eigenvalue weighted by Gasteiger charge is 2.22. The molecule has 6 nitrogen and oxygen atoms in total. The van der Waals surface area contributed by atoms with E-state index < -0.39 is 11.9 Å². The fourth-order valence-electron chi connectivity index (χ4n) is 3.34. The molecule has 1 aliphatic heterocycles. The third-order valence-electron chi connectivity index (χ3n) is 5.02. The molecule has 0 saturated carbocycles. The molecule has 10 heteroatoms. The lowest BCUT2D eigenvalue weighted by Gasteiger charge is -2.28. The van der Waals surface area contributed by atoms with Crippen LogP contribution in [-0.4, -0.2) is 66.9 Å². The smallest absolute Gasteiger partial charge is 0.303 e. The van der Waals surface area contributed by atoms with Crippen LogP contribution in [0.2, 0.25) is 0 Å². The first-order valence-electron chi connectivity index (χ1n) is 11.1. The van der Waals surface area contributed by atoms with Crippen molar-refractivity contribution in [3.8, 4) is 0 Å². The number of carboxylic acids is 2. The molecule has 3 N–H and O–H groups in total. The normalized spacial score (nSPS) is 19.6. The molecule has 31 heavy (non-hydrogen) atoms. The van der Waals surface area contributed by atoms with E-state index in [9.17, 15) is 14.4 Å². The van der Waals surface area contributed by atoms with E-state index in [2.05, 4.69) is 17.9 Å². The maximum atomic E-state index is 12.2. The van der Waals surface area contributed by atoms with E-state index >= 15 is 0 Å². The van der Waals surface area contributed by atoms with Gasteiger partial charge in [-0.1, -0.05) is 12.8 Å². The monoisotopic (exact) mass is 511 g/mol. The van der Waals surface area contributed by atoms with Crippen LogP contribution in [0.3, 0.4) is 0 Å². The average molecular weight is 512 g/mol. The molecule has 1 heterocycles. The highest BCUT2D eigenvalue weighted by Crippen LogP contribution is 2.39. The quantitative estimate of drug-likeness (QED) is 0.154. The van der Waals surface area contributed by atoms with Crippen LogP contribution in [0.25, 0.3) is 0 Å². The number of thiol groups is 1. The molecule has 1 saturated heterocycles. The van der Waals surface area contributed by atoms with E-state index in [1.807, 2.05) is 23.5 Å².